The number of aromatic nitrogens is 5. The third-order valence-electron chi connectivity index (χ3n) is 5.29. The van der Waals surface area contributed by atoms with Crippen LogP contribution in [0.1, 0.15) is 16.2 Å². The number of carbonyl (C=O) groups excluding carboxylic acids is 1. The maximum Gasteiger partial charge on any atom is 0.256 e. The van der Waals surface area contributed by atoms with Gasteiger partial charge in [0.2, 0.25) is 0 Å². The van der Waals surface area contributed by atoms with Crippen LogP contribution in [0.25, 0.3) is 5.57 Å². The minimum Gasteiger partial charge on any atom is -0.358 e. The fourth-order valence-electron chi connectivity index (χ4n) is 3.66. The van der Waals surface area contributed by atoms with E-state index in [0.29, 0.717) is 11.4 Å². The highest BCUT2D eigenvalue weighted by Gasteiger charge is 2.46. The monoisotopic (exact) mass is 468 g/mol. The molecule has 12 heteroatoms. The lowest BCUT2D eigenvalue weighted by Crippen LogP contribution is -2.56. The third kappa shape index (κ3) is 4.22. The van der Waals surface area contributed by atoms with Gasteiger partial charge < -0.3 is 20.7 Å². The van der Waals surface area contributed by atoms with Crippen molar-refractivity contribution in [3.63, 3.8) is 0 Å². The van der Waals surface area contributed by atoms with Crippen LogP contribution in [0.2, 0.25) is 0 Å². The molecular weight excluding hydrogens is 446 g/mol. The van der Waals surface area contributed by atoms with Gasteiger partial charge in [-0.15, -0.1) is 0 Å². The molecule has 1 aliphatic rings. The van der Waals surface area contributed by atoms with E-state index in [4.69, 9.17) is 4.74 Å². The topological polar surface area (TPSA) is 119 Å². The first-order valence-corrected chi connectivity index (χ1v) is 10.2. The van der Waals surface area contributed by atoms with Crippen LogP contribution in [0.4, 0.5) is 20.3 Å². The van der Waals surface area contributed by atoms with Crippen molar-refractivity contribution in [2.75, 3.05) is 24.8 Å². The Labute approximate surface area is 193 Å². The fraction of sp³-hybridized carbons (Fsp3) is 0.227. The number of aryl methyl sites for hydroxylation is 1. The van der Waals surface area contributed by atoms with Crippen LogP contribution >= 0.6 is 0 Å². The summed E-state index contributed by atoms with van der Waals surface area (Å²) in [6.45, 7) is 0. The summed E-state index contributed by atoms with van der Waals surface area (Å²) in [4.78, 5) is 24.8. The number of amides is 1. The average molecular weight is 468 g/mol. The lowest BCUT2D eigenvalue weighted by Gasteiger charge is -2.42. The highest BCUT2D eigenvalue weighted by molar-refractivity contribution is 5.98. The Bertz CT molecular complexity index is 1280. The second-order valence-corrected chi connectivity index (χ2v) is 7.38. The van der Waals surface area contributed by atoms with Gasteiger partial charge in [-0.05, 0) is 12.1 Å². The number of hydrogen-bond donors (Lipinski definition) is 3. The first kappa shape index (κ1) is 23.0. The molecule has 0 bridgehead atoms. The van der Waals surface area contributed by atoms with Crippen molar-refractivity contribution in [2.45, 2.75) is 11.8 Å². The summed E-state index contributed by atoms with van der Waals surface area (Å²) in [7, 11) is 4.63. The van der Waals surface area contributed by atoms with Crippen LogP contribution in [0.5, 0.6) is 0 Å². The molecule has 1 amide bonds. The van der Waals surface area contributed by atoms with Gasteiger partial charge in [0.1, 0.15) is 30.1 Å². The quantitative estimate of drug-likeness (QED) is 0.452. The molecule has 0 fully saturated rings. The summed E-state index contributed by atoms with van der Waals surface area (Å²) in [5.41, 5.74) is -0.834. The molecule has 2 unspecified atom stereocenters. The Hall–Kier alpha value is -4.19. The van der Waals surface area contributed by atoms with Gasteiger partial charge in [0, 0.05) is 33.5 Å². The predicted octanol–water partition coefficient (Wildman–Crippen LogP) is 2.13. The summed E-state index contributed by atoms with van der Waals surface area (Å²) in [5.74, 6) is -1.38. The number of allylic oxidation sites excluding steroid dienone is 2. The molecule has 0 radical (unpaired) electrons. The number of nitrogens with one attached hydrogen (secondary N) is 3. The van der Waals surface area contributed by atoms with E-state index in [0.717, 1.165) is 12.1 Å². The molecule has 34 heavy (non-hydrogen) atoms. The first-order chi connectivity index (χ1) is 16.4. The maximum atomic E-state index is 14.7. The van der Waals surface area contributed by atoms with Crippen LogP contribution in [0.15, 0.2) is 55.3 Å². The summed E-state index contributed by atoms with van der Waals surface area (Å²) >= 11 is 0. The summed E-state index contributed by atoms with van der Waals surface area (Å²) in [5, 5.41) is 13.1. The van der Waals surface area contributed by atoms with Gasteiger partial charge in [-0.1, -0.05) is 18.2 Å². The van der Waals surface area contributed by atoms with Gasteiger partial charge in [-0.2, -0.15) is 5.10 Å². The molecule has 0 saturated carbocycles. The number of carbonyl (C=O) groups is 1. The molecule has 10 nitrogen and oxygen atoms in total. The fourth-order valence-corrected chi connectivity index (χ4v) is 3.66. The van der Waals surface area contributed by atoms with E-state index in [-0.39, 0.29) is 17.1 Å². The van der Waals surface area contributed by atoms with Crippen molar-refractivity contribution in [3.8, 4) is 0 Å². The van der Waals surface area contributed by atoms with Crippen LogP contribution in [0.3, 0.4) is 0 Å². The molecule has 0 aliphatic heterocycles. The number of methoxy groups -OCH3 is 1. The van der Waals surface area contributed by atoms with Gasteiger partial charge in [0.15, 0.2) is 11.5 Å². The van der Waals surface area contributed by atoms with Gasteiger partial charge in [-0.3, -0.25) is 9.48 Å². The smallest absolute Gasteiger partial charge is 0.256 e. The Morgan fingerprint density at radius 3 is 2.76 bits per heavy atom. The lowest BCUT2D eigenvalue weighted by molar-refractivity contribution is 0.0583. The minimum absolute atomic E-state index is 0.0126. The minimum atomic E-state index is -1.49. The third-order valence-corrected chi connectivity index (χ3v) is 5.29. The number of hydrogen-bond acceptors (Lipinski definition) is 8. The molecule has 1 aromatic carbocycles. The number of rotatable bonds is 7. The normalized spacial score (nSPS) is 19.4. The molecule has 4 rings (SSSR count). The van der Waals surface area contributed by atoms with Gasteiger partial charge in [0.05, 0.1) is 22.9 Å². The number of anilines is 2. The van der Waals surface area contributed by atoms with Gasteiger partial charge in [0.25, 0.3) is 5.91 Å². The molecule has 3 N–H and O–H groups in total. The van der Waals surface area contributed by atoms with Crippen molar-refractivity contribution in [3.05, 3.63) is 78.3 Å². The zero-order chi connectivity index (χ0) is 24.3. The number of nitrogens with zero attached hydrogens (tertiary/aromatic N) is 5. The highest BCUT2D eigenvalue weighted by atomic mass is 19.1. The summed E-state index contributed by atoms with van der Waals surface area (Å²) in [6.07, 6.45) is 9.42. The van der Waals surface area contributed by atoms with Crippen LogP contribution in [0, 0.1) is 11.6 Å². The zero-order valence-electron chi connectivity index (χ0n) is 18.6. The lowest BCUT2D eigenvalue weighted by atomic mass is 9.88. The largest absolute Gasteiger partial charge is 0.358 e. The van der Waals surface area contributed by atoms with Crippen molar-refractivity contribution in [2.24, 2.45) is 7.05 Å². The van der Waals surface area contributed by atoms with Crippen molar-refractivity contribution in [1.82, 2.24) is 30.0 Å². The zero-order valence-corrected chi connectivity index (χ0v) is 18.6. The van der Waals surface area contributed by atoms with E-state index >= 15 is 0 Å². The van der Waals surface area contributed by atoms with E-state index < -0.39 is 29.3 Å². The number of ether oxygens (including phenoxy) is 1. The molecule has 176 valence electrons. The van der Waals surface area contributed by atoms with Crippen LogP contribution < -0.4 is 16.0 Å². The molecule has 2 heterocycles. The van der Waals surface area contributed by atoms with Crippen molar-refractivity contribution in [1.29, 1.82) is 0 Å². The Kier molecular flexibility index (Phi) is 6.32. The van der Waals surface area contributed by atoms with Crippen LogP contribution in [-0.2, 0) is 11.8 Å². The standard InChI is InChI=1S/C22H22F2N8O2/c1-25-21(33)14-10-26-11-27-19(14)29-18-6-4-5-15(20-28-12-32(2)31-20)22(18,34-3)30-17-8-7-13(23)9-16(17)24/h4-12,18,30H,1-3H3,(H,25,33)(H,26,27,29). The van der Waals surface area contributed by atoms with Crippen molar-refractivity contribution >= 4 is 23.0 Å². The van der Waals surface area contributed by atoms with E-state index in [1.165, 1.54) is 43.8 Å². The Morgan fingerprint density at radius 1 is 1.26 bits per heavy atom. The van der Waals surface area contributed by atoms with Crippen molar-refractivity contribution < 1.29 is 18.3 Å². The SMILES string of the molecule is CNC(=O)c1cncnc1NC1C=CC=C(c2ncn(C)n2)C1(Nc1ccc(F)cc1F)OC. The molecule has 0 saturated heterocycles. The molecule has 2 aromatic heterocycles. The second-order valence-electron chi connectivity index (χ2n) is 7.38. The first-order valence-electron chi connectivity index (χ1n) is 10.2. The molecule has 1 aliphatic carbocycles. The highest BCUT2D eigenvalue weighted by Crippen LogP contribution is 2.38. The average Bonchev–Trinajstić information content (AvgIpc) is 3.27. The van der Waals surface area contributed by atoms with E-state index in [2.05, 4.69) is 36.0 Å². The van der Waals surface area contributed by atoms with Gasteiger partial charge >= 0.3 is 0 Å². The summed E-state index contributed by atoms with van der Waals surface area (Å²) in [6, 6.07) is 2.42. The number of benzene rings is 1. The van der Waals surface area contributed by atoms with Gasteiger partial charge in [-0.25, -0.2) is 23.7 Å². The molecule has 2 atom stereocenters. The van der Waals surface area contributed by atoms with E-state index in [1.807, 2.05) is 0 Å². The predicted molar refractivity (Wildman–Crippen MR) is 121 cm³/mol. The maximum absolute atomic E-state index is 14.7. The molecular formula is C22H22F2N8O2. The van der Waals surface area contributed by atoms with Crippen LogP contribution in [-0.4, -0.2) is 56.6 Å². The van der Waals surface area contributed by atoms with E-state index in [9.17, 15) is 13.6 Å². The number of halogens is 2. The Morgan fingerprint density at radius 2 is 2.09 bits per heavy atom. The van der Waals surface area contributed by atoms with E-state index in [1.54, 1.807) is 25.3 Å². The second kappa shape index (κ2) is 9.35. The summed E-state index contributed by atoms with van der Waals surface area (Å²) < 4.78 is 35.7. The Balaban J connectivity index is 1.82. The molecule has 3 aromatic rings. The molecule has 0 spiro atoms.